The highest BCUT2D eigenvalue weighted by Gasteiger charge is 2.54. The molecular formula is C22H17F2N7O2S. The Kier molecular flexibility index (Phi) is 5.21. The lowest BCUT2D eigenvalue weighted by Crippen LogP contribution is -2.49. The molecule has 2 aliphatic rings. The number of carbonyl (C=O) groups is 1. The third kappa shape index (κ3) is 3.36. The average Bonchev–Trinajstić information content (AvgIpc) is 3.33. The van der Waals surface area contributed by atoms with Crippen molar-refractivity contribution in [3.05, 3.63) is 59.4 Å². The predicted octanol–water partition coefficient (Wildman–Crippen LogP) is 3.10. The molecule has 1 aromatic carbocycles. The number of alkyl carbamates (subject to hydrolysis) is 1. The van der Waals surface area contributed by atoms with Crippen molar-refractivity contribution in [1.82, 2.24) is 19.9 Å². The molecule has 1 amide bonds. The molecule has 1 aliphatic carbocycles. The van der Waals surface area contributed by atoms with Gasteiger partial charge in [0.1, 0.15) is 28.0 Å². The van der Waals surface area contributed by atoms with Crippen molar-refractivity contribution in [2.45, 2.75) is 12.0 Å². The van der Waals surface area contributed by atoms with Crippen molar-refractivity contribution in [2.24, 2.45) is 5.92 Å². The van der Waals surface area contributed by atoms with Crippen LogP contribution >= 0.6 is 11.8 Å². The molecule has 5 rings (SSSR count). The lowest BCUT2D eigenvalue weighted by molar-refractivity contribution is 0.177. The molecule has 2 aromatic heterocycles. The van der Waals surface area contributed by atoms with E-state index in [1.807, 2.05) is 4.90 Å². The molecule has 3 N–H and O–H groups in total. The van der Waals surface area contributed by atoms with Gasteiger partial charge in [0, 0.05) is 18.3 Å². The zero-order chi connectivity index (χ0) is 24.0. The van der Waals surface area contributed by atoms with Gasteiger partial charge in [-0.2, -0.15) is 5.10 Å². The van der Waals surface area contributed by atoms with Crippen LogP contribution < -0.4 is 10.2 Å². The molecule has 172 valence electrons. The lowest BCUT2D eigenvalue weighted by atomic mass is 9.73. The highest BCUT2D eigenvalue weighted by Crippen LogP contribution is 2.49. The number of amidine groups is 1. The Morgan fingerprint density at radius 1 is 1.35 bits per heavy atom. The van der Waals surface area contributed by atoms with Gasteiger partial charge in [-0.25, -0.2) is 23.1 Å². The summed E-state index contributed by atoms with van der Waals surface area (Å²) >= 11 is 0.700. The molecule has 1 aliphatic heterocycles. The van der Waals surface area contributed by atoms with Gasteiger partial charge < -0.3 is 9.64 Å². The molecule has 0 unspecified atom stereocenters. The average molecular weight is 481 g/mol. The second-order valence-corrected chi connectivity index (χ2v) is 8.66. The predicted molar refractivity (Wildman–Crippen MR) is 122 cm³/mol. The number of anilines is 1. The number of aromatic nitrogens is 3. The SMILES string of the molecule is COC(=O)NC(=N)SC(=N)c1cnn2ccc(N3CC[C@H]4C#C[C@]43c3cc(F)ccc3F)nc12. The standard InChI is InChI=1S/C22H17F2N7O2S/c1-33-21(32)29-20(26)34-18(25)14-11-27-31-9-6-17(28-19(14)31)30-8-5-12-4-7-22(12,30)15-10-13(23)2-3-16(15)24/h2-3,6,9-12,25H,5,8H2,1H3,(H2,26,29,32)/t12-,22-/m1/s1. The largest absolute Gasteiger partial charge is 0.453 e. The van der Waals surface area contributed by atoms with E-state index >= 15 is 0 Å². The van der Waals surface area contributed by atoms with Crippen LogP contribution in [0.25, 0.3) is 5.65 Å². The maximum atomic E-state index is 14.8. The first kappa shape index (κ1) is 21.8. The van der Waals surface area contributed by atoms with E-state index < -0.39 is 23.3 Å². The normalized spacial score (nSPS) is 20.2. The van der Waals surface area contributed by atoms with E-state index in [9.17, 15) is 13.6 Å². The second kappa shape index (κ2) is 8.11. The summed E-state index contributed by atoms with van der Waals surface area (Å²) < 4.78 is 34.7. The monoisotopic (exact) mass is 481 g/mol. The fourth-order valence-electron chi connectivity index (χ4n) is 4.26. The highest BCUT2D eigenvalue weighted by molar-refractivity contribution is 8.26. The van der Waals surface area contributed by atoms with Crippen LogP contribution in [0.4, 0.5) is 19.4 Å². The fourth-order valence-corrected chi connectivity index (χ4v) is 4.86. The van der Waals surface area contributed by atoms with Crippen LogP contribution in [0.2, 0.25) is 0 Å². The van der Waals surface area contributed by atoms with Crippen LogP contribution in [-0.4, -0.2) is 44.6 Å². The van der Waals surface area contributed by atoms with Crippen molar-refractivity contribution < 1.29 is 18.3 Å². The Hall–Kier alpha value is -3.98. The number of nitrogens with one attached hydrogen (secondary N) is 3. The third-order valence-corrected chi connectivity index (χ3v) is 6.56. The van der Waals surface area contributed by atoms with Crippen LogP contribution in [0.15, 0.2) is 36.7 Å². The van der Waals surface area contributed by atoms with Gasteiger partial charge in [0.25, 0.3) is 0 Å². The van der Waals surface area contributed by atoms with Crippen LogP contribution in [0.1, 0.15) is 17.5 Å². The van der Waals surface area contributed by atoms with Crippen molar-refractivity contribution in [1.29, 1.82) is 10.8 Å². The van der Waals surface area contributed by atoms with Gasteiger partial charge in [-0.3, -0.25) is 16.1 Å². The van der Waals surface area contributed by atoms with E-state index in [0.29, 0.717) is 41.8 Å². The Labute approximate surface area is 196 Å². The lowest BCUT2D eigenvalue weighted by Gasteiger charge is -2.41. The van der Waals surface area contributed by atoms with Crippen LogP contribution in [0.3, 0.4) is 0 Å². The minimum atomic E-state index is -1.02. The number of benzene rings is 1. The minimum absolute atomic E-state index is 0.0605. The molecule has 0 radical (unpaired) electrons. The van der Waals surface area contributed by atoms with E-state index in [2.05, 4.69) is 32.0 Å². The first-order valence-electron chi connectivity index (χ1n) is 10.1. The molecule has 1 fully saturated rings. The van der Waals surface area contributed by atoms with Crippen molar-refractivity contribution >= 4 is 39.5 Å². The first-order valence-corrected chi connectivity index (χ1v) is 11.0. The number of amides is 1. The van der Waals surface area contributed by atoms with Gasteiger partial charge in [0.2, 0.25) is 0 Å². The first-order chi connectivity index (χ1) is 16.3. The molecule has 0 bridgehead atoms. The number of carbonyl (C=O) groups excluding carboxylic acids is 1. The van der Waals surface area contributed by atoms with Gasteiger partial charge >= 0.3 is 6.09 Å². The summed E-state index contributed by atoms with van der Waals surface area (Å²) in [6, 6.07) is 5.08. The summed E-state index contributed by atoms with van der Waals surface area (Å²) in [6.45, 7) is 0.521. The molecule has 0 spiro atoms. The van der Waals surface area contributed by atoms with Gasteiger partial charge in [0.05, 0.1) is 24.8 Å². The minimum Gasteiger partial charge on any atom is -0.453 e. The van der Waals surface area contributed by atoms with Crippen LogP contribution in [0, 0.1) is 40.2 Å². The number of hydrogen-bond donors (Lipinski definition) is 3. The number of thioether (sulfide) groups is 1. The molecule has 3 heterocycles. The molecule has 3 aromatic rings. The molecule has 1 saturated heterocycles. The van der Waals surface area contributed by atoms with Crippen molar-refractivity contribution in [3.8, 4) is 11.8 Å². The van der Waals surface area contributed by atoms with Crippen LogP contribution in [0.5, 0.6) is 0 Å². The number of nitrogens with zero attached hydrogens (tertiary/aromatic N) is 4. The van der Waals surface area contributed by atoms with E-state index in [0.717, 1.165) is 12.1 Å². The summed E-state index contributed by atoms with van der Waals surface area (Å²) in [7, 11) is 1.17. The van der Waals surface area contributed by atoms with Crippen molar-refractivity contribution in [3.63, 3.8) is 0 Å². The number of fused-ring (bicyclic) bond motifs is 2. The maximum absolute atomic E-state index is 14.8. The maximum Gasteiger partial charge on any atom is 0.412 e. The Morgan fingerprint density at radius 3 is 2.91 bits per heavy atom. The Morgan fingerprint density at radius 2 is 2.18 bits per heavy atom. The summed E-state index contributed by atoms with van der Waals surface area (Å²) in [5, 5.41) is 22.2. The summed E-state index contributed by atoms with van der Waals surface area (Å²) in [6.07, 6.45) is 2.95. The number of methoxy groups -OCH3 is 1. The van der Waals surface area contributed by atoms with E-state index in [1.165, 1.54) is 23.9 Å². The second-order valence-electron chi connectivity index (χ2n) is 7.64. The summed E-state index contributed by atoms with van der Waals surface area (Å²) in [5.41, 5.74) is -0.169. The zero-order valence-electron chi connectivity index (χ0n) is 17.7. The number of rotatable bonds is 3. The smallest absolute Gasteiger partial charge is 0.412 e. The van der Waals surface area contributed by atoms with Gasteiger partial charge in [-0.15, -0.1) is 0 Å². The van der Waals surface area contributed by atoms with Crippen LogP contribution in [-0.2, 0) is 10.3 Å². The molecule has 2 atom stereocenters. The molecule has 12 heteroatoms. The highest BCUT2D eigenvalue weighted by atomic mass is 32.2. The third-order valence-electron chi connectivity index (χ3n) is 5.83. The number of hydrogen-bond acceptors (Lipinski definition) is 8. The topological polar surface area (TPSA) is 119 Å². The number of halogens is 2. The van der Waals surface area contributed by atoms with E-state index in [1.54, 1.807) is 12.3 Å². The van der Waals surface area contributed by atoms with Gasteiger partial charge in [-0.1, -0.05) is 11.8 Å². The number of ether oxygens (including phenoxy) is 1. The zero-order valence-corrected chi connectivity index (χ0v) is 18.5. The molecular weight excluding hydrogens is 464 g/mol. The van der Waals surface area contributed by atoms with E-state index in [-0.39, 0.29) is 21.7 Å². The molecule has 0 saturated carbocycles. The quantitative estimate of drug-likeness (QED) is 0.301. The molecule has 34 heavy (non-hydrogen) atoms. The van der Waals surface area contributed by atoms with Crippen molar-refractivity contribution in [2.75, 3.05) is 18.6 Å². The Bertz CT molecular complexity index is 1430. The summed E-state index contributed by atoms with van der Waals surface area (Å²) in [4.78, 5) is 17.8. The van der Waals surface area contributed by atoms with Gasteiger partial charge in [-0.05, 0) is 42.4 Å². The summed E-state index contributed by atoms with van der Waals surface area (Å²) in [5.74, 6) is 5.37. The Balaban J connectivity index is 1.50. The van der Waals surface area contributed by atoms with Gasteiger partial charge in [0.15, 0.2) is 10.8 Å². The van der Waals surface area contributed by atoms with E-state index in [4.69, 9.17) is 10.8 Å². The molecule has 9 nitrogen and oxygen atoms in total. The fraction of sp³-hybridized carbons (Fsp3) is 0.227.